The molecule has 12 heavy (non-hydrogen) atoms. The van der Waals surface area contributed by atoms with Gasteiger partial charge in [-0.05, 0) is 29.0 Å². The summed E-state index contributed by atoms with van der Waals surface area (Å²) < 4.78 is 25.4. The molecule has 0 saturated heterocycles. The Hall–Kier alpha value is 0.380. The highest BCUT2D eigenvalue weighted by molar-refractivity contribution is 9.11. The number of thiophene rings is 1. The molecule has 0 amide bonds. The molecule has 3 nitrogen and oxygen atoms in total. The third-order valence-electron chi connectivity index (χ3n) is 1.16. The maximum atomic E-state index is 11.2. The number of hydrogen-bond donors (Lipinski definition) is 1. The summed E-state index contributed by atoms with van der Waals surface area (Å²) in [4.78, 5) is 0. The third kappa shape index (κ3) is 2.00. The van der Waals surface area contributed by atoms with Gasteiger partial charge in [0.1, 0.15) is 4.21 Å². The van der Waals surface area contributed by atoms with E-state index in [4.69, 9.17) is 11.6 Å². The van der Waals surface area contributed by atoms with Crippen molar-refractivity contribution in [2.45, 2.75) is 4.21 Å². The molecule has 0 radical (unpaired) electrons. The molecule has 0 aromatic carbocycles. The lowest BCUT2D eigenvalue weighted by Gasteiger charge is -1.95. The SMILES string of the molecule is CNS(=O)(=O)c1cc(Cl)c(Br)s1. The van der Waals surface area contributed by atoms with Crippen LogP contribution in [-0.2, 0) is 10.0 Å². The van der Waals surface area contributed by atoms with Crippen molar-refractivity contribution in [1.29, 1.82) is 0 Å². The first-order chi connectivity index (χ1) is 5.47. The number of hydrogen-bond acceptors (Lipinski definition) is 3. The summed E-state index contributed by atoms with van der Waals surface area (Å²) in [6, 6.07) is 1.40. The minimum Gasteiger partial charge on any atom is -0.214 e. The Kier molecular flexibility index (Phi) is 3.16. The molecular formula is C5H5BrClNO2S2. The van der Waals surface area contributed by atoms with Crippen LogP contribution in [-0.4, -0.2) is 15.5 Å². The van der Waals surface area contributed by atoms with Crippen LogP contribution in [0, 0.1) is 0 Å². The second-order valence-corrected chi connectivity index (χ2v) is 6.79. The third-order valence-corrected chi connectivity index (χ3v) is 5.52. The summed E-state index contributed by atoms with van der Waals surface area (Å²) in [5, 5.41) is 0.411. The van der Waals surface area contributed by atoms with E-state index in [0.717, 1.165) is 11.3 Å². The number of sulfonamides is 1. The summed E-state index contributed by atoms with van der Waals surface area (Å²) in [7, 11) is -1.99. The van der Waals surface area contributed by atoms with Crippen LogP contribution in [0.1, 0.15) is 0 Å². The molecule has 0 aliphatic rings. The van der Waals surface area contributed by atoms with Crippen molar-refractivity contribution in [1.82, 2.24) is 4.72 Å². The molecule has 68 valence electrons. The average molecular weight is 291 g/mol. The van der Waals surface area contributed by atoms with E-state index in [1.807, 2.05) is 0 Å². The fourth-order valence-corrected chi connectivity index (χ4v) is 3.80. The molecule has 0 saturated carbocycles. The smallest absolute Gasteiger partial charge is 0.214 e. The van der Waals surface area contributed by atoms with E-state index in [1.54, 1.807) is 0 Å². The van der Waals surface area contributed by atoms with Gasteiger partial charge >= 0.3 is 0 Å². The van der Waals surface area contributed by atoms with Crippen molar-refractivity contribution in [2.75, 3.05) is 7.05 Å². The van der Waals surface area contributed by atoms with Crippen LogP contribution in [0.5, 0.6) is 0 Å². The molecule has 0 unspecified atom stereocenters. The van der Waals surface area contributed by atoms with E-state index in [9.17, 15) is 8.42 Å². The first-order valence-corrected chi connectivity index (χ1v) is 6.33. The molecule has 0 atom stereocenters. The van der Waals surface area contributed by atoms with Crippen LogP contribution >= 0.6 is 38.9 Å². The highest BCUT2D eigenvalue weighted by Gasteiger charge is 2.16. The maximum absolute atomic E-state index is 11.2. The predicted octanol–water partition coefficient (Wildman–Crippen LogP) is 2.07. The molecule has 0 aliphatic carbocycles. The van der Waals surface area contributed by atoms with Gasteiger partial charge in [-0.1, -0.05) is 11.6 Å². The van der Waals surface area contributed by atoms with Gasteiger partial charge in [0, 0.05) is 0 Å². The van der Waals surface area contributed by atoms with Gasteiger partial charge in [0.25, 0.3) is 0 Å². The molecule has 0 aliphatic heterocycles. The largest absolute Gasteiger partial charge is 0.249 e. The van der Waals surface area contributed by atoms with Gasteiger partial charge in [-0.25, -0.2) is 13.1 Å². The Labute approximate surface area is 87.9 Å². The van der Waals surface area contributed by atoms with E-state index in [1.165, 1.54) is 13.1 Å². The topological polar surface area (TPSA) is 46.2 Å². The first-order valence-electron chi connectivity index (χ1n) is 2.86. The number of rotatable bonds is 2. The van der Waals surface area contributed by atoms with Crippen LogP contribution in [0.4, 0.5) is 0 Å². The summed E-state index contributed by atoms with van der Waals surface area (Å²) in [5.41, 5.74) is 0. The lowest BCUT2D eigenvalue weighted by molar-refractivity contribution is 0.590. The van der Waals surface area contributed by atoms with E-state index in [-0.39, 0.29) is 4.21 Å². The zero-order chi connectivity index (χ0) is 9.35. The fraction of sp³-hybridized carbons (Fsp3) is 0.200. The normalized spacial score (nSPS) is 11.9. The van der Waals surface area contributed by atoms with Gasteiger partial charge in [0.15, 0.2) is 0 Å². The minimum atomic E-state index is -3.35. The molecule has 1 aromatic rings. The molecular weight excluding hydrogens is 286 g/mol. The summed E-state index contributed by atoms with van der Waals surface area (Å²) in [6.45, 7) is 0. The Bertz CT molecular complexity index is 367. The Morgan fingerprint density at radius 3 is 2.58 bits per heavy atom. The van der Waals surface area contributed by atoms with Gasteiger partial charge < -0.3 is 0 Å². The van der Waals surface area contributed by atoms with Crippen LogP contribution in [0.3, 0.4) is 0 Å². The van der Waals surface area contributed by atoms with Gasteiger partial charge in [0.05, 0.1) is 8.81 Å². The highest BCUT2D eigenvalue weighted by Crippen LogP contribution is 2.34. The standard InChI is InChI=1S/C5H5BrClNO2S2/c1-8-12(9,10)4-2-3(7)5(6)11-4/h2,8H,1H3. The van der Waals surface area contributed by atoms with E-state index in [2.05, 4.69) is 20.7 Å². The first kappa shape index (κ1) is 10.5. The van der Waals surface area contributed by atoms with Gasteiger partial charge in [0.2, 0.25) is 10.0 Å². The number of halogens is 2. The van der Waals surface area contributed by atoms with Crippen LogP contribution in [0.25, 0.3) is 0 Å². The second kappa shape index (κ2) is 3.63. The van der Waals surface area contributed by atoms with Crippen molar-refractivity contribution < 1.29 is 8.42 Å². The fourth-order valence-electron chi connectivity index (χ4n) is 0.560. The molecule has 0 bridgehead atoms. The van der Waals surface area contributed by atoms with E-state index >= 15 is 0 Å². The predicted molar refractivity (Wildman–Crippen MR) is 53.3 cm³/mol. The van der Waals surface area contributed by atoms with Crippen molar-refractivity contribution >= 4 is 48.9 Å². The summed E-state index contributed by atoms with van der Waals surface area (Å²) in [6.07, 6.45) is 0. The lowest BCUT2D eigenvalue weighted by Crippen LogP contribution is -2.17. The number of nitrogens with one attached hydrogen (secondary N) is 1. The Morgan fingerprint density at radius 1 is 1.67 bits per heavy atom. The summed E-state index contributed by atoms with van der Waals surface area (Å²) in [5.74, 6) is 0. The van der Waals surface area contributed by atoms with Gasteiger partial charge in [-0.15, -0.1) is 11.3 Å². The van der Waals surface area contributed by atoms with Crippen LogP contribution in [0.15, 0.2) is 14.1 Å². The minimum absolute atomic E-state index is 0.210. The molecule has 1 N–H and O–H groups in total. The Balaban J connectivity index is 3.22. The Morgan fingerprint density at radius 2 is 2.25 bits per heavy atom. The molecule has 7 heteroatoms. The highest BCUT2D eigenvalue weighted by atomic mass is 79.9. The van der Waals surface area contributed by atoms with Crippen LogP contribution in [0.2, 0.25) is 5.02 Å². The van der Waals surface area contributed by atoms with Crippen LogP contribution < -0.4 is 4.72 Å². The zero-order valence-corrected chi connectivity index (χ0v) is 9.94. The molecule has 1 heterocycles. The monoisotopic (exact) mass is 289 g/mol. The van der Waals surface area contributed by atoms with Crippen molar-refractivity contribution in [3.63, 3.8) is 0 Å². The van der Waals surface area contributed by atoms with Crippen molar-refractivity contribution in [2.24, 2.45) is 0 Å². The second-order valence-electron chi connectivity index (χ2n) is 1.89. The summed E-state index contributed by atoms with van der Waals surface area (Å²) >= 11 is 9.88. The van der Waals surface area contributed by atoms with Crippen molar-refractivity contribution in [3.05, 3.63) is 14.9 Å². The van der Waals surface area contributed by atoms with Gasteiger partial charge in [-0.3, -0.25) is 0 Å². The maximum Gasteiger partial charge on any atom is 0.249 e. The van der Waals surface area contributed by atoms with Gasteiger partial charge in [-0.2, -0.15) is 0 Å². The zero-order valence-electron chi connectivity index (χ0n) is 5.97. The average Bonchev–Trinajstić information content (AvgIpc) is 2.33. The molecule has 1 aromatic heterocycles. The quantitative estimate of drug-likeness (QED) is 0.906. The van der Waals surface area contributed by atoms with Crippen molar-refractivity contribution in [3.8, 4) is 0 Å². The molecule has 0 fully saturated rings. The van der Waals surface area contributed by atoms with E-state index in [0.29, 0.717) is 8.81 Å². The molecule has 0 spiro atoms. The van der Waals surface area contributed by atoms with E-state index < -0.39 is 10.0 Å². The molecule has 1 rings (SSSR count). The lowest BCUT2D eigenvalue weighted by atomic mass is 10.7.